The molecule has 138 valence electrons. The first-order valence-corrected chi connectivity index (χ1v) is 10.7. The average molecular weight is 376 g/mol. The van der Waals surface area contributed by atoms with Crippen molar-refractivity contribution in [2.24, 2.45) is 0 Å². The molecule has 0 spiro atoms. The fraction of sp³-hybridized carbons (Fsp3) is 0.250. The zero-order valence-corrected chi connectivity index (χ0v) is 17.2. The number of fused-ring (bicyclic) bond motifs is 3. The molecule has 1 aliphatic rings. The van der Waals surface area contributed by atoms with Crippen molar-refractivity contribution < 1.29 is 9.09 Å². The van der Waals surface area contributed by atoms with E-state index < -0.39 is 8.03 Å². The van der Waals surface area contributed by atoms with Crippen LogP contribution in [0.1, 0.15) is 50.3 Å². The third-order valence-corrected chi connectivity index (χ3v) is 6.62. The molecule has 1 aliphatic heterocycles. The molecule has 3 aromatic carbocycles. The Morgan fingerprint density at radius 2 is 1.52 bits per heavy atom. The topological polar surface area (TPSA) is 26.3 Å². The summed E-state index contributed by atoms with van der Waals surface area (Å²) < 4.78 is 18.7. The molecule has 27 heavy (non-hydrogen) atoms. The SMILES string of the molecule is CC(c1ccccc1)c1cc2c(c(C(C)(C)C)c1)O[PH](=O)c1ccccc1-2. The van der Waals surface area contributed by atoms with Gasteiger partial charge in [0.2, 0.25) is 0 Å². The quantitative estimate of drug-likeness (QED) is 0.491. The van der Waals surface area contributed by atoms with Crippen molar-refractivity contribution in [3.63, 3.8) is 0 Å². The van der Waals surface area contributed by atoms with Gasteiger partial charge in [0.15, 0.2) is 0 Å². The van der Waals surface area contributed by atoms with E-state index in [1.165, 1.54) is 11.1 Å². The molecule has 4 rings (SSSR count). The molecular formula is C24H25O2P. The van der Waals surface area contributed by atoms with Crippen molar-refractivity contribution >= 4 is 13.3 Å². The van der Waals surface area contributed by atoms with E-state index in [0.29, 0.717) is 0 Å². The van der Waals surface area contributed by atoms with Gasteiger partial charge >= 0.3 is 0 Å². The highest BCUT2D eigenvalue weighted by molar-refractivity contribution is 7.49. The van der Waals surface area contributed by atoms with Gasteiger partial charge in [-0.3, -0.25) is 4.57 Å². The predicted octanol–water partition coefficient (Wildman–Crippen LogP) is 6.30. The van der Waals surface area contributed by atoms with Crippen LogP contribution in [-0.4, -0.2) is 0 Å². The fourth-order valence-electron chi connectivity index (χ4n) is 3.75. The first-order valence-electron chi connectivity index (χ1n) is 9.41. The molecule has 0 fully saturated rings. The molecule has 0 radical (unpaired) electrons. The van der Waals surface area contributed by atoms with Gasteiger partial charge in [-0.2, -0.15) is 0 Å². The summed E-state index contributed by atoms with van der Waals surface area (Å²) in [6, 6.07) is 22.9. The second kappa shape index (κ2) is 6.69. The monoisotopic (exact) mass is 376 g/mol. The van der Waals surface area contributed by atoms with Crippen LogP contribution < -0.4 is 9.83 Å². The van der Waals surface area contributed by atoms with Crippen molar-refractivity contribution in [3.05, 3.63) is 83.4 Å². The molecule has 0 bridgehead atoms. The third-order valence-electron chi connectivity index (χ3n) is 5.35. The smallest absolute Gasteiger partial charge is 0.266 e. The second-order valence-corrected chi connectivity index (χ2v) is 9.58. The van der Waals surface area contributed by atoms with E-state index in [1.807, 2.05) is 24.3 Å². The average Bonchev–Trinajstić information content (AvgIpc) is 2.67. The van der Waals surface area contributed by atoms with Crippen LogP contribution in [0, 0.1) is 0 Å². The normalized spacial score (nSPS) is 16.8. The second-order valence-electron chi connectivity index (χ2n) is 8.26. The van der Waals surface area contributed by atoms with Gasteiger partial charge in [0, 0.05) is 17.0 Å². The summed E-state index contributed by atoms with van der Waals surface area (Å²) in [6.45, 7) is 8.78. The minimum Gasteiger partial charge on any atom is -0.441 e. The molecule has 2 nitrogen and oxygen atoms in total. The molecule has 0 saturated carbocycles. The van der Waals surface area contributed by atoms with E-state index in [2.05, 4.69) is 70.2 Å². The van der Waals surface area contributed by atoms with E-state index in [1.54, 1.807) is 0 Å². The first-order chi connectivity index (χ1) is 12.9. The highest BCUT2D eigenvalue weighted by Crippen LogP contribution is 2.49. The first kappa shape index (κ1) is 18.1. The molecule has 2 unspecified atom stereocenters. The molecule has 0 saturated heterocycles. The zero-order valence-electron chi connectivity index (χ0n) is 16.2. The minimum absolute atomic E-state index is 0.106. The Morgan fingerprint density at radius 3 is 2.22 bits per heavy atom. The molecule has 0 aliphatic carbocycles. The maximum atomic E-state index is 12.7. The van der Waals surface area contributed by atoms with Gasteiger partial charge in [-0.25, -0.2) is 0 Å². The van der Waals surface area contributed by atoms with Gasteiger partial charge < -0.3 is 4.52 Å². The standard InChI is InChI=1S/C24H25O2P/c1-16(17-10-6-5-7-11-17)18-14-20-19-12-8-9-13-22(19)27(25)26-23(20)21(15-18)24(2,3)4/h5-16,27H,1-4H3. The Morgan fingerprint density at radius 1 is 0.852 bits per heavy atom. The summed E-state index contributed by atoms with van der Waals surface area (Å²) in [6.07, 6.45) is 0. The Hall–Kier alpha value is -2.31. The van der Waals surface area contributed by atoms with Crippen molar-refractivity contribution in [1.29, 1.82) is 0 Å². The summed E-state index contributed by atoms with van der Waals surface area (Å²) in [7, 11) is -2.28. The van der Waals surface area contributed by atoms with Crippen molar-refractivity contribution in [2.45, 2.75) is 39.0 Å². The summed E-state index contributed by atoms with van der Waals surface area (Å²) >= 11 is 0. The summed E-state index contributed by atoms with van der Waals surface area (Å²) in [5, 5.41) is 0.819. The highest BCUT2D eigenvalue weighted by atomic mass is 31.1. The van der Waals surface area contributed by atoms with Gasteiger partial charge in [0.05, 0.1) is 5.30 Å². The van der Waals surface area contributed by atoms with E-state index in [-0.39, 0.29) is 11.3 Å². The molecule has 1 heterocycles. The lowest BCUT2D eigenvalue weighted by molar-refractivity contribution is 0.493. The maximum Gasteiger partial charge on any atom is 0.266 e. The largest absolute Gasteiger partial charge is 0.441 e. The molecular weight excluding hydrogens is 351 g/mol. The molecule has 0 amide bonds. The van der Waals surface area contributed by atoms with Crippen LogP contribution in [0.2, 0.25) is 0 Å². The highest BCUT2D eigenvalue weighted by Gasteiger charge is 2.30. The van der Waals surface area contributed by atoms with Gasteiger partial charge in [0.25, 0.3) is 8.03 Å². The maximum absolute atomic E-state index is 12.7. The number of rotatable bonds is 2. The fourth-order valence-corrected chi connectivity index (χ4v) is 4.93. The molecule has 0 N–H and O–H groups in total. The van der Waals surface area contributed by atoms with Crippen LogP contribution in [0.25, 0.3) is 11.1 Å². The number of benzene rings is 3. The van der Waals surface area contributed by atoms with Gasteiger partial charge in [-0.1, -0.05) is 82.3 Å². The molecule has 0 aromatic heterocycles. The Balaban J connectivity index is 1.97. The minimum atomic E-state index is -2.28. The van der Waals surface area contributed by atoms with Crippen LogP contribution in [0.15, 0.2) is 66.7 Å². The van der Waals surface area contributed by atoms with Gasteiger partial charge in [0.1, 0.15) is 5.75 Å². The van der Waals surface area contributed by atoms with E-state index in [4.69, 9.17) is 4.52 Å². The lowest BCUT2D eigenvalue weighted by atomic mass is 9.80. The third kappa shape index (κ3) is 3.24. The van der Waals surface area contributed by atoms with Crippen molar-refractivity contribution in [2.75, 3.05) is 0 Å². The lowest BCUT2D eigenvalue weighted by Gasteiger charge is -2.30. The predicted molar refractivity (Wildman–Crippen MR) is 114 cm³/mol. The van der Waals surface area contributed by atoms with Gasteiger partial charge in [-0.15, -0.1) is 0 Å². The number of hydrogen-bond acceptors (Lipinski definition) is 2. The van der Waals surface area contributed by atoms with Crippen LogP contribution in [-0.2, 0) is 9.98 Å². The Bertz CT molecular complexity index is 1020. The van der Waals surface area contributed by atoms with Crippen LogP contribution in [0.4, 0.5) is 0 Å². The van der Waals surface area contributed by atoms with E-state index in [9.17, 15) is 4.57 Å². The molecule has 3 heteroatoms. The van der Waals surface area contributed by atoms with Crippen LogP contribution in [0.5, 0.6) is 5.75 Å². The Labute approximate surface area is 162 Å². The number of hydrogen-bond donors (Lipinski definition) is 0. The van der Waals surface area contributed by atoms with Gasteiger partial charge in [-0.05, 0) is 34.2 Å². The Kier molecular flexibility index (Phi) is 4.48. The van der Waals surface area contributed by atoms with Crippen molar-refractivity contribution in [1.82, 2.24) is 0 Å². The summed E-state index contributed by atoms with van der Waals surface area (Å²) in [5.41, 5.74) is 5.65. The van der Waals surface area contributed by atoms with E-state index in [0.717, 1.165) is 27.7 Å². The lowest BCUT2D eigenvalue weighted by Crippen LogP contribution is -2.18. The molecule has 2 atom stereocenters. The zero-order chi connectivity index (χ0) is 19.2. The van der Waals surface area contributed by atoms with Crippen molar-refractivity contribution in [3.8, 4) is 16.9 Å². The molecule has 3 aromatic rings. The van der Waals surface area contributed by atoms with Crippen LogP contribution in [0.3, 0.4) is 0 Å². The van der Waals surface area contributed by atoms with E-state index >= 15 is 0 Å². The van der Waals surface area contributed by atoms with Crippen LogP contribution >= 0.6 is 8.03 Å². The summed E-state index contributed by atoms with van der Waals surface area (Å²) in [4.78, 5) is 0. The summed E-state index contributed by atoms with van der Waals surface area (Å²) in [5.74, 6) is 1.05.